The van der Waals surface area contributed by atoms with E-state index < -0.39 is 22.3 Å². The lowest BCUT2D eigenvalue weighted by molar-refractivity contribution is -0.385. The molecule has 0 radical (unpaired) electrons. The van der Waals surface area contributed by atoms with Gasteiger partial charge in [-0.3, -0.25) is 19.6 Å². The molecule has 24 heavy (non-hydrogen) atoms. The van der Waals surface area contributed by atoms with Crippen molar-refractivity contribution in [3.63, 3.8) is 0 Å². The van der Waals surface area contributed by atoms with E-state index in [0.29, 0.717) is 17.4 Å². The first kappa shape index (κ1) is 15.5. The molecule has 1 aromatic carbocycles. The second-order valence-electron chi connectivity index (χ2n) is 5.18. The lowest BCUT2D eigenvalue weighted by Crippen LogP contribution is -2.14. The molecule has 0 aliphatic rings. The summed E-state index contributed by atoms with van der Waals surface area (Å²) < 4.78 is 15.5. The number of carbonyl (C=O) groups excluding carboxylic acids is 1. The second-order valence-corrected chi connectivity index (χ2v) is 5.18. The van der Waals surface area contributed by atoms with Gasteiger partial charge in [0.2, 0.25) is 0 Å². The van der Waals surface area contributed by atoms with E-state index in [1.54, 1.807) is 17.8 Å². The summed E-state index contributed by atoms with van der Waals surface area (Å²) in [6.07, 6.45) is 1.44. The number of hydrogen-bond acceptors (Lipinski definition) is 5. The molecule has 0 fully saturated rings. The SMILES string of the molecule is Cc1nn(C)c2ncc(NC(=O)c3ccc([N+](=O)[O-])cc3F)cc12. The summed E-state index contributed by atoms with van der Waals surface area (Å²) >= 11 is 0. The van der Waals surface area contributed by atoms with Gasteiger partial charge in [-0.25, -0.2) is 9.37 Å². The second kappa shape index (κ2) is 5.69. The Kier molecular flexibility index (Phi) is 3.68. The molecule has 0 unspecified atom stereocenters. The average Bonchev–Trinajstić information content (AvgIpc) is 2.81. The number of pyridine rings is 1. The quantitative estimate of drug-likeness (QED) is 0.587. The minimum atomic E-state index is -0.965. The number of nitrogens with one attached hydrogen (secondary N) is 1. The van der Waals surface area contributed by atoms with Crippen molar-refractivity contribution in [1.29, 1.82) is 0 Å². The summed E-state index contributed by atoms with van der Waals surface area (Å²) in [6.45, 7) is 1.81. The molecule has 0 aliphatic heterocycles. The van der Waals surface area contributed by atoms with Crippen LogP contribution in [0.5, 0.6) is 0 Å². The van der Waals surface area contributed by atoms with Crippen molar-refractivity contribution in [1.82, 2.24) is 14.8 Å². The number of halogens is 1. The van der Waals surface area contributed by atoms with Crippen molar-refractivity contribution in [2.45, 2.75) is 6.92 Å². The zero-order chi connectivity index (χ0) is 17.4. The third kappa shape index (κ3) is 2.67. The summed E-state index contributed by atoms with van der Waals surface area (Å²) in [6, 6.07) is 4.54. The van der Waals surface area contributed by atoms with Gasteiger partial charge in [0.05, 0.1) is 34.1 Å². The first-order valence-electron chi connectivity index (χ1n) is 6.91. The maximum atomic E-state index is 13.9. The number of nitro benzene ring substituents is 1. The van der Waals surface area contributed by atoms with Crippen LogP contribution in [-0.4, -0.2) is 25.6 Å². The standard InChI is InChI=1S/C15H12FN5O3/c1-8-12-5-9(7-17-14(12)20(2)19-8)18-15(22)11-4-3-10(21(23)24)6-13(11)16/h3-7H,1-2H3,(H,18,22). The summed E-state index contributed by atoms with van der Waals surface area (Å²) in [5.74, 6) is -1.68. The lowest BCUT2D eigenvalue weighted by atomic mass is 10.1. The Hall–Kier alpha value is -3.36. The maximum Gasteiger partial charge on any atom is 0.272 e. The Balaban J connectivity index is 1.89. The minimum absolute atomic E-state index is 0.288. The number of hydrogen-bond donors (Lipinski definition) is 1. The van der Waals surface area contributed by atoms with Crippen molar-refractivity contribution < 1.29 is 14.1 Å². The largest absolute Gasteiger partial charge is 0.320 e. The molecule has 2 heterocycles. The number of benzene rings is 1. The van der Waals surface area contributed by atoms with Crippen molar-refractivity contribution in [2.24, 2.45) is 7.05 Å². The van der Waals surface area contributed by atoms with Gasteiger partial charge >= 0.3 is 0 Å². The van der Waals surface area contributed by atoms with Crippen molar-refractivity contribution >= 4 is 28.3 Å². The minimum Gasteiger partial charge on any atom is -0.320 e. The highest BCUT2D eigenvalue weighted by Crippen LogP contribution is 2.21. The number of aryl methyl sites for hydroxylation is 2. The van der Waals surface area contributed by atoms with Crippen molar-refractivity contribution in [2.75, 3.05) is 5.32 Å². The van der Waals surface area contributed by atoms with E-state index in [9.17, 15) is 19.3 Å². The molecule has 3 aromatic rings. The third-order valence-corrected chi connectivity index (χ3v) is 3.53. The monoisotopic (exact) mass is 329 g/mol. The Labute approximate surface area is 135 Å². The first-order chi connectivity index (χ1) is 11.4. The van der Waals surface area contributed by atoms with Crippen LogP contribution in [0.1, 0.15) is 16.1 Å². The van der Waals surface area contributed by atoms with Crippen LogP contribution in [0.2, 0.25) is 0 Å². The molecule has 3 rings (SSSR count). The van der Waals surface area contributed by atoms with Gasteiger partial charge in [-0.2, -0.15) is 5.10 Å². The van der Waals surface area contributed by atoms with Crippen LogP contribution in [0.4, 0.5) is 15.8 Å². The summed E-state index contributed by atoms with van der Waals surface area (Å²) in [5, 5.41) is 18.1. The van der Waals surface area contributed by atoms with E-state index in [1.807, 2.05) is 6.92 Å². The number of anilines is 1. The van der Waals surface area contributed by atoms with E-state index in [-0.39, 0.29) is 5.56 Å². The molecule has 2 aromatic heterocycles. The van der Waals surface area contributed by atoms with Gasteiger partial charge in [0.1, 0.15) is 5.82 Å². The predicted molar refractivity (Wildman–Crippen MR) is 84.3 cm³/mol. The highest BCUT2D eigenvalue weighted by Gasteiger charge is 2.17. The molecule has 0 spiro atoms. The van der Waals surface area contributed by atoms with Gasteiger partial charge in [-0.05, 0) is 19.1 Å². The van der Waals surface area contributed by atoms with E-state index in [1.165, 1.54) is 6.20 Å². The van der Waals surface area contributed by atoms with Gasteiger partial charge in [-0.1, -0.05) is 0 Å². The van der Waals surface area contributed by atoms with Gasteiger partial charge in [-0.15, -0.1) is 0 Å². The van der Waals surface area contributed by atoms with Gasteiger partial charge in [0, 0.05) is 18.5 Å². The predicted octanol–water partition coefficient (Wildman–Crippen LogP) is 2.58. The molecule has 0 saturated heterocycles. The molecular weight excluding hydrogens is 317 g/mol. The van der Waals surface area contributed by atoms with Crippen molar-refractivity contribution in [3.8, 4) is 0 Å². The zero-order valence-electron chi connectivity index (χ0n) is 12.8. The van der Waals surface area contributed by atoms with Crippen LogP contribution in [0, 0.1) is 22.9 Å². The van der Waals surface area contributed by atoms with Crippen LogP contribution in [0.25, 0.3) is 11.0 Å². The average molecular weight is 329 g/mol. The van der Waals surface area contributed by atoms with E-state index >= 15 is 0 Å². The Morgan fingerprint density at radius 3 is 2.79 bits per heavy atom. The van der Waals surface area contributed by atoms with E-state index in [2.05, 4.69) is 15.4 Å². The van der Waals surface area contributed by atoms with Crippen LogP contribution < -0.4 is 5.32 Å². The summed E-state index contributed by atoms with van der Waals surface area (Å²) in [7, 11) is 1.76. The molecule has 8 nitrogen and oxygen atoms in total. The summed E-state index contributed by atoms with van der Waals surface area (Å²) in [5.41, 5.74) is 1.08. The van der Waals surface area contributed by atoms with Crippen molar-refractivity contribution in [3.05, 3.63) is 57.7 Å². The smallest absolute Gasteiger partial charge is 0.272 e. The number of nitro groups is 1. The number of amides is 1. The van der Waals surface area contributed by atoms with E-state index in [4.69, 9.17) is 0 Å². The fraction of sp³-hybridized carbons (Fsp3) is 0.133. The third-order valence-electron chi connectivity index (χ3n) is 3.53. The lowest BCUT2D eigenvalue weighted by Gasteiger charge is -2.06. The normalized spacial score (nSPS) is 10.8. The molecule has 0 saturated carbocycles. The topological polar surface area (TPSA) is 103 Å². The molecular formula is C15H12FN5O3. The zero-order valence-corrected chi connectivity index (χ0v) is 12.8. The number of nitrogens with zero attached hydrogens (tertiary/aromatic N) is 4. The highest BCUT2D eigenvalue weighted by atomic mass is 19.1. The molecule has 0 bridgehead atoms. The van der Waals surface area contributed by atoms with Gasteiger partial charge < -0.3 is 5.32 Å². The molecule has 122 valence electrons. The van der Waals surface area contributed by atoms with Crippen LogP contribution in [0.15, 0.2) is 30.5 Å². The number of fused-ring (bicyclic) bond motifs is 1. The van der Waals surface area contributed by atoms with E-state index in [0.717, 1.165) is 23.2 Å². The van der Waals surface area contributed by atoms with Crippen LogP contribution in [-0.2, 0) is 7.05 Å². The van der Waals surface area contributed by atoms with Gasteiger partial charge in [0.15, 0.2) is 5.65 Å². The summed E-state index contributed by atoms with van der Waals surface area (Å²) in [4.78, 5) is 26.3. The molecule has 1 amide bonds. The number of aromatic nitrogens is 3. The number of rotatable bonds is 3. The number of non-ortho nitro benzene ring substituents is 1. The van der Waals surface area contributed by atoms with Crippen LogP contribution >= 0.6 is 0 Å². The molecule has 0 aliphatic carbocycles. The fourth-order valence-electron chi connectivity index (χ4n) is 2.38. The highest BCUT2D eigenvalue weighted by molar-refractivity contribution is 6.05. The van der Waals surface area contributed by atoms with Gasteiger partial charge in [0.25, 0.3) is 11.6 Å². The first-order valence-corrected chi connectivity index (χ1v) is 6.91. The number of carbonyl (C=O) groups is 1. The fourth-order valence-corrected chi connectivity index (χ4v) is 2.38. The Morgan fingerprint density at radius 2 is 2.12 bits per heavy atom. The Bertz CT molecular complexity index is 983. The molecule has 0 atom stereocenters. The van der Waals surface area contributed by atoms with Crippen LogP contribution in [0.3, 0.4) is 0 Å². The maximum absolute atomic E-state index is 13.9. The molecule has 1 N–H and O–H groups in total. The molecule has 9 heteroatoms. The Morgan fingerprint density at radius 1 is 1.38 bits per heavy atom.